The Morgan fingerprint density at radius 2 is 2.32 bits per heavy atom. The van der Waals surface area contributed by atoms with E-state index < -0.39 is 5.97 Å². The van der Waals surface area contributed by atoms with Crippen LogP contribution in [-0.2, 0) is 27.2 Å². The molecule has 1 unspecified atom stereocenters. The van der Waals surface area contributed by atoms with Gasteiger partial charge in [0.2, 0.25) is 0 Å². The second-order valence-corrected chi connectivity index (χ2v) is 4.93. The lowest BCUT2D eigenvalue weighted by Crippen LogP contribution is -2.25. The fourth-order valence-electron chi connectivity index (χ4n) is 1.70. The highest BCUT2D eigenvalue weighted by atomic mass is 32.2. The summed E-state index contributed by atoms with van der Waals surface area (Å²) >= 11 is 1.22. The third kappa shape index (κ3) is 4.85. The molecule has 1 atom stereocenters. The van der Waals surface area contributed by atoms with E-state index in [9.17, 15) is 4.79 Å². The number of aromatic nitrogens is 2. The first-order valence-electron chi connectivity index (χ1n) is 6.03. The lowest BCUT2D eigenvalue weighted by atomic mass is 10.3. The summed E-state index contributed by atoms with van der Waals surface area (Å²) in [5, 5.41) is 9.45. The zero-order chi connectivity index (χ0) is 14.3. The van der Waals surface area contributed by atoms with Crippen LogP contribution in [0.25, 0.3) is 0 Å². The molecule has 0 spiro atoms. The van der Waals surface area contributed by atoms with E-state index in [4.69, 9.17) is 14.6 Å². The van der Waals surface area contributed by atoms with E-state index in [-0.39, 0.29) is 11.9 Å². The number of aryl methyl sites for hydroxylation is 1. The van der Waals surface area contributed by atoms with E-state index in [1.807, 2.05) is 11.5 Å². The van der Waals surface area contributed by atoms with Crippen molar-refractivity contribution in [2.75, 3.05) is 26.6 Å². The molecule has 1 heterocycles. The van der Waals surface area contributed by atoms with Gasteiger partial charge in [-0.3, -0.25) is 4.79 Å². The maximum atomic E-state index is 10.6. The Labute approximate surface area is 117 Å². The average Bonchev–Trinajstić information content (AvgIpc) is 2.77. The highest BCUT2D eigenvalue weighted by Crippen LogP contribution is 2.20. The molecule has 19 heavy (non-hydrogen) atoms. The van der Waals surface area contributed by atoms with E-state index in [0.717, 1.165) is 12.1 Å². The quantitative estimate of drug-likeness (QED) is 0.690. The zero-order valence-electron chi connectivity index (χ0n) is 11.5. The second-order valence-electron chi connectivity index (χ2n) is 3.99. The molecule has 1 N–H and O–H groups in total. The van der Waals surface area contributed by atoms with Gasteiger partial charge in [-0.05, 0) is 6.42 Å². The van der Waals surface area contributed by atoms with Crippen LogP contribution in [0.15, 0.2) is 11.4 Å². The van der Waals surface area contributed by atoms with E-state index >= 15 is 0 Å². The van der Waals surface area contributed by atoms with Gasteiger partial charge in [0.15, 0.2) is 5.16 Å². The lowest BCUT2D eigenvalue weighted by molar-refractivity contribution is -0.133. The maximum Gasteiger partial charge on any atom is 0.313 e. The largest absolute Gasteiger partial charge is 0.481 e. The smallest absolute Gasteiger partial charge is 0.313 e. The maximum absolute atomic E-state index is 10.6. The molecule has 1 aromatic heterocycles. The molecule has 0 fully saturated rings. The van der Waals surface area contributed by atoms with Gasteiger partial charge in [-0.25, -0.2) is 4.98 Å². The first-order valence-corrected chi connectivity index (χ1v) is 7.01. The molecule has 108 valence electrons. The van der Waals surface area contributed by atoms with Crippen molar-refractivity contribution in [2.45, 2.75) is 31.1 Å². The molecular formula is C12H20N2O4S. The van der Waals surface area contributed by atoms with Crippen LogP contribution in [0, 0.1) is 0 Å². The summed E-state index contributed by atoms with van der Waals surface area (Å²) in [7, 11) is 3.26. The molecule has 0 aromatic carbocycles. The summed E-state index contributed by atoms with van der Waals surface area (Å²) in [5.41, 5.74) is 1.06. The molecule has 0 aliphatic heterocycles. The van der Waals surface area contributed by atoms with Gasteiger partial charge in [0, 0.05) is 26.1 Å². The van der Waals surface area contributed by atoms with Crippen LogP contribution in [0.3, 0.4) is 0 Å². The number of carboxylic acid groups (broad SMARTS) is 1. The Morgan fingerprint density at radius 1 is 1.58 bits per heavy atom. The SMILES string of the molecule is CCc1cnc(SCC(=O)O)n1CC(COC)OC. The molecule has 0 aliphatic rings. The van der Waals surface area contributed by atoms with Gasteiger partial charge in [0.1, 0.15) is 0 Å². The highest BCUT2D eigenvalue weighted by Gasteiger charge is 2.15. The number of imidazole rings is 1. The summed E-state index contributed by atoms with van der Waals surface area (Å²) in [5.74, 6) is -0.847. The van der Waals surface area contributed by atoms with Crippen molar-refractivity contribution in [1.29, 1.82) is 0 Å². The van der Waals surface area contributed by atoms with E-state index in [2.05, 4.69) is 4.98 Å². The van der Waals surface area contributed by atoms with Gasteiger partial charge in [-0.1, -0.05) is 18.7 Å². The van der Waals surface area contributed by atoms with Crippen molar-refractivity contribution in [3.05, 3.63) is 11.9 Å². The Bertz CT molecular complexity index is 408. The van der Waals surface area contributed by atoms with Crippen LogP contribution < -0.4 is 0 Å². The summed E-state index contributed by atoms with van der Waals surface area (Å²) in [4.78, 5) is 14.9. The molecule has 0 amide bonds. The van der Waals surface area contributed by atoms with Gasteiger partial charge in [0.25, 0.3) is 0 Å². The predicted octanol–water partition coefficient (Wildman–Crippen LogP) is 1.28. The molecule has 1 rings (SSSR count). The van der Waals surface area contributed by atoms with Crippen molar-refractivity contribution in [2.24, 2.45) is 0 Å². The third-order valence-electron chi connectivity index (χ3n) is 2.66. The minimum atomic E-state index is -0.849. The predicted molar refractivity (Wildman–Crippen MR) is 72.6 cm³/mol. The van der Waals surface area contributed by atoms with Gasteiger partial charge in [0.05, 0.1) is 25.0 Å². The second kappa shape index (κ2) is 8.19. The van der Waals surface area contributed by atoms with Crippen molar-refractivity contribution < 1.29 is 19.4 Å². The number of nitrogens with zero attached hydrogens (tertiary/aromatic N) is 2. The molecule has 6 nitrogen and oxygen atoms in total. The van der Waals surface area contributed by atoms with Crippen LogP contribution in [0.1, 0.15) is 12.6 Å². The number of hydrogen-bond donors (Lipinski definition) is 1. The number of rotatable bonds is 9. The van der Waals surface area contributed by atoms with E-state index in [1.165, 1.54) is 11.8 Å². The van der Waals surface area contributed by atoms with E-state index in [1.54, 1.807) is 20.4 Å². The minimum Gasteiger partial charge on any atom is -0.481 e. The summed E-state index contributed by atoms with van der Waals surface area (Å²) in [6, 6.07) is 0. The summed E-state index contributed by atoms with van der Waals surface area (Å²) in [6.45, 7) is 3.13. The van der Waals surface area contributed by atoms with Gasteiger partial charge in [-0.15, -0.1) is 0 Å². The number of carbonyl (C=O) groups is 1. The zero-order valence-corrected chi connectivity index (χ0v) is 12.3. The average molecular weight is 288 g/mol. The van der Waals surface area contributed by atoms with Crippen LogP contribution in [-0.4, -0.2) is 53.3 Å². The van der Waals surface area contributed by atoms with Crippen LogP contribution >= 0.6 is 11.8 Å². The topological polar surface area (TPSA) is 73.6 Å². The minimum absolute atomic E-state index is 0.00208. The van der Waals surface area contributed by atoms with Crippen molar-refractivity contribution >= 4 is 17.7 Å². The number of hydrogen-bond acceptors (Lipinski definition) is 5. The number of carboxylic acids is 1. The van der Waals surface area contributed by atoms with Gasteiger partial charge in [-0.2, -0.15) is 0 Å². The summed E-state index contributed by atoms with van der Waals surface area (Å²) < 4.78 is 12.4. The Morgan fingerprint density at radius 3 is 2.84 bits per heavy atom. The summed E-state index contributed by atoms with van der Waals surface area (Å²) in [6.07, 6.45) is 2.54. The number of methoxy groups -OCH3 is 2. The van der Waals surface area contributed by atoms with Crippen LogP contribution in [0.4, 0.5) is 0 Å². The van der Waals surface area contributed by atoms with E-state index in [0.29, 0.717) is 18.3 Å². The fourth-order valence-corrected chi connectivity index (χ4v) is 2.42. The highest BCUT2D eigenvalue weighted by molar-refractivity contribution is 7.99. The van der Waals surface area contributed by atoms with Crippen molar-refractivity contribution in [3.63, 3.8) is 0 Å². The molecular weight excluding hydrogens is 268 g/mol. The molecule has 1 aromatic rings. The Hall–Kier alpha value is -1.05. The van der Waals surface area contributed by atoms with Gasteiger partial charge >= 0.3 is 5.97 Å². The third-order valence-corrected chi connectivity index (χ3v) is 3.64. The standard InChI is InChI=1S/C12H20N2O4S/c1-4-9-5-13-12(19-8-11(15)16)14(9)6-10(18-3)7-17-2/h5,10H,4,6-8H2,1-3H3,(H,15,16). The first kappa shape index (κ1) is 16.0. The van der Waals surface area contributed by atoms with Crippen LogP contribution in [0.2, 0.25) is 0 Å². The molecule has 0 saturated carbocycles. The van der Waals surface area contributed by atoms with Crippen molar-refractivity contribution in [1.82, 2.24) is 9.55 Å². The Kier molecular flexibility index (Phi) is 6.90. The van der Waals surface area contributed by atoms with Crippen molar-refractivity contribution in [3.8, 4) is 0 Å². The number of thioether (sulfide) groups is 1. The molecule has 0 saturated heterocycles. The number of ether oxygens (including phenoxy) is 2. The monoisotopic (exact) mass is 288 g/mol. The molecule has 0 aliphatic carbocycles. The first-order chi connectivity index (χ1) is 9.12. The van der Waals surface area contributed by atoms with Crippen LogP contribution in [0.5, 0.6) is 0 Å². The fraction of sp³-hybridized carbons (Fsp3) is 0.667. The molecule has 7 heteroatoms. The Balaban J connectivity index is 2.82. The lowest BCUT2D eigenvalue weighted by Gasteiger charge is -2.18. The number of aliphatic carboxylic acids is 1. The van der Waals surface area contributed by atoms with Gasteiger partial charge < -0.3 is 19.1 Å². The molecule has 0 bridgehead atoms. The normalized spacial score (nSPS) is 12.6. The molecule has 0 radical (unpaired) electrons.